The van der Waals surface area contributed by atoms with Gasteiger partial charge in [-0.05, 0) is 101 Å². The van der Waals surface area contributed by atoms with Crippen molar-refractivity contribution < 1.29 is 8.98 Å². The maximum absolute atomic E-state index is 14.0. The van der Waals surface area contributed by atoms with Gasteiger partial charge in [0.05, 0.1) is 0 Å². The molecule has 3 heteroatoms. The van der Waals surface area contributed by atoms with Gasteiger partial charge in [0, 0.05) is 21.1 Å². The van der Waals surface area contributed by atoms with Gasteiger partial charge in [0.15, 0.2) is 0 Å². The summed E-state index contributed by atoms with van der Waals surface area (Å²) >= 11 is 0. The van der Waals surface area contributed by atoms with Crippen LogP contribution in [-0.2, 0) is 47.5 Å². The van der Waals surface area contributed by atoms with Crippen molar-refractivity contribution >= 4 is 16.3 Å². The van der Waals surface area contributed by atoms with E-state index in [0.29, 0.717) is 6.42 Å². The second-order valence-electron chi connectivity index (χ2n) is 12.1. The third-order valence-electron chi connectivity index (χ3n) is 8.08. The molecule has 0 aliphatic carbocycles. The number of carbonyl (C=O) groups excluding carboxylic acids is 1. The number of carbonyl (C=O) groups is 1. The summed E-state index contributed by atoms with van der Waals surface area (Å²) in [6.07, 6.45) is 13.8. The van der Waals surface area contributed by atoms with E-state index in [9.17, 15) is 4.79 Å². The third-order valence-corrected chi connectivity index (χ3v) is 11.7. The monoisotopic (exact) mass is 602 g/mol. The Kier molecular flexibility index (Phi) is 14.4. The van der Waals surface area contributed by atoms with Gasteiger partial charge in [-0.25, -0.2) is 0 Å². The second-order valence-corrected chi connectivity index (χ2v) is 14.6. The van der Waals surface area contributed by atoms with Gasteiger partial charge in [-0.3, -0.25) is 4.79 Å². The van der Waals surface area contributed by atoms with Crippen molar-refractivity contribution in [3.05, 3.63) is 88.0 Å². The van der Waals surface area contributed by atoms with E-state index in [1.54, 1.807) is 0 Å². The van der Waals surface area contributed by atoms with E-state index in [-0.39, 0.29) is 5.97 Å². The molecule has 3 aromatic rings. The predicted molar refractivity (Wildman–Crippen MR) is 187 cm³/mol. The molecule has 0 saturated heterocycles. The maximum Gasteiger partial charge on any atom is 0.317 e. The molecule has 0 unspecified atom stereocenters. The standard InChI is InChI=1S/C40H58O2S/c1-8-18-31-27-33(20-10-3)39(34(28-31)21-11-4)43(42-38(41)24-14-7,37-25-16-15-17-26-37)40-35(22-12-5)29-32(19-9-2)30-36(40)23-13-6/h15-17,25-30H,8-14,18-24H2,1-7H3. The Labute approximate surface area is 265 Å². The van der Waals surface area contributed by atoms with E-state index >= 15 is 0 Å². The normalized spacial score (nSPS) is 12.0. The molecule has 0 N–H and O–H groups in total. The topological polar surface area (TPSA) is 26.3 Å². The van der Waals surface area contributed by atoms with E-state index in [1.807, 2.05) is 0 Å². The number of hydrogen-bond donors (Lipinski definition) is 0. The molecule has 3 aromatic carbocycles. The number of benzene rings is 3. The number of aryl methyl sites for hydroxylation is 6. The summed E-state index contributed by atoms with van der Waals surface area (Å²) in [6.45, 7) is 15.7. The zero-order valence-corrected chi connectivity index (χ0v) is 29.1. The van der Waals surface area contributed by atoms with Crippen LogP contribution in [0.25, 0.3) is 0 Å². The van der Waals surface area contributed by atoms with Crippen LogP contribution in [0.3, 0.4) is 0 Å². The molecule has 236 valence electrons. The highest BCUT2D eigenvalue weighted by Gasteiger charge is 2.42. The van der Waals surface area contributed by atoms with Crippen molar-refractivity contribution in [1.29, 1.82) is 0 Å². The first kappa shape index (κ1) is 35.0. The van der Waals surface area contributed by atoms with Gasteiger partial charge in [-0.15, -0.1) is 0 Å². The van der Waals surface area contributed by atoms with Gasteiger partial charge < -0.3 is 4.18 Å². The summed E-state index contributed by atoms with van der Waals surface area (Å²) in [5.74, 6) is -0.0774. The highest BCUT2D eigenvalue weighted by molar-refractivity contribution is 8.30. The summed E-state index contributed by atoms with van der Waals surface area (Å²) < 4.78 is 7.23. The smallest absolute Gasteiger partial charge is 0.317 e. The molecule has 2 nitrogen and oxygen atoms in total. The molecular formula is C40H58O2S. The van der Waals surface area contributed by atoms with Crippen LogP contribution < -0.4 is 0 Å². The quantitative estimate of drug-likeness (QED) is 0.145. The molecule has 0 atom stereocenters. The Morgan fingerprint density at radius 1 is 0.535 bits per heavy atom. The lowest BCUT2D eigenvalue weighted by Gasteiger charge is -2.45. The fraction of sp³-hybridized carbons (Fsp3) is 0.525. The molecule has 0 amide bonds. The first-order valence-corrected chi connectivity index (χ1v) is 18.9. The fourth-order valence-corrected chi connectivity index (χ4v) is 10.5. The third kappa shape index (κ3) is 8.35. The fourth-order valence-electron chi connectivity index (χ4n) is 6.54. The van der Waals surface area contributed by atoms with Crippen molar-refractivity contribution in [2.24, 2.45) is 0 Å². The zero-order valence-electron chi connectivity index (χ0n) is 28.3. The zero-order chi connectivity index (χ0) is 31.2. The molecule has 0 aliphatic heterocycles. The van der Waals surface area contributed by atoms with E-state index in [1.165, 1.54) is 43.2 Å². The molecule has 0 aromatic heterocycles. The van der Waals surface area contributed by atoms with E-state index in [0.717, 1.165) is 88.4 Å². The second kappa shape index (κ2) is 17.7. The average Bonchev–Trinajstić information content (AvgIpc) is 2.98. The van der Waals surface area contributed by atoms with Gasteiger partial charge in [-0.2, -0.15) is 0 Å². The lowest BCUT2D eigenvalue weighted by atomic mass is 9.97. The van der Waals surface area contributed by atoms with Crippen LogP contribution >= 0.6 is 10.3 Å². The van der Waals surface area contributed by atoms with Crippen LogP contribution in [0.1, 0.15) is 133 Å². The molecule has 0 fully saturated rings. The van der Waals surface area contributed by atoms with Gasteiger partial charge in [0.25, 0.3) is 0 Å². The maximum atomic E-state index is 14.0. The number of hydrogen-bond acceptors (Lipinski definition) is 2. The summed E-state index contributed by atoms with van der Waals surface area (Å²) in [4.78, 5) is 17.8. The van der Waals surface area contributed by atoms with Gasteiger partial charge in [-0.1, -0.05) is 129 Å². The van der Waals surface area contributed by atoms with Crippen molar-refractivity contribution in [2.45, 2.75) is 153 Å². The van der Waals surface area contributed by atoms with E-state index < -0.39 is 10.3 Å². The highest BCUT2D eigenvalue weighted by atomic mass is 32.3. The first-order valence-electron chi connectivity index (χ1n) is 17.3. The molecule has 43 heavy (non-hydrogen) atoms. The largest absolute Gasteiger partial charge is 0.402 e. The van der Waals surface area contributed by atoms with Crippen molar-refractivity contribution in [3.63, 3.8) is 0 Å². The average molecular weight is 603 g/mol. The van der Waals surface area contributed by atoms with E-state index in [4.69, 9.17) is 4.18 Å². The van der Waals surface area contributed by atoms with Crippen LogP contribution in [0.2, 0.25) is 0 Å². The van der Waals surface area contributed by atoms with Crippen LogP contribution in [0.15, 0.2) is 69.3 Å². The van der Waals surface area contributed by atoms with Gasteiger partial charge in [0.2, 0.25) is 0 Å². The van der Waals surface area contributed by atoms with Gasteiger partial charge >= 0.3 is 5.97 Å². The van der Waals surface area contributed by atoms with Crippen LogP contribution in [0, 0.1) is 0 Å². The van der Waals surface area contributed by atoms with Crippen LogP contribution in [0.4, 0.5) is 0 Å². The van der Waals surface area contributed by atoms with Crippen molar-refractivity contribution in [1.82, 2.24) is 0 Å². The summed E-state index contributed by atoms with van der Waals surface area (Å²) in [6, 6.07) is 20.7. The van der Waals surface area contributed by atoms with Gasteiger partial charge in [0.1, 0.15) is 0 Å². The molecule has 0 heterocycles. The SMILES string of the molecule is CCCC(=O)OS(c1ccccc1)(c1c(CCC)cc(CCC)cc1CCC)c1c(CCC)cc(CCC)cc1CCC. The Balaban J connectivity index is 2.67. The lowest BCUT2D eigenvalue weighted by molar-refractivity contribution is -0.133. The molecule has 0 radical (unpaired) electrons. The van der Waals surface area contributed by atoms with Crippen LogP contribution in [0.5, 0.6) is 0 Å². The van der Waals surface area contributed by atoms with Crippen molar-refractivity contribution in [2.75, 3.05) is 0 Å². The Hall–Kier alpha value is -2.52. The minimum Gasteiger partial charge on any atom is -0.402 e. The molecular weight excluding hydrogens is 545 g/mol. The highest BCUT2D eigenvalue weighted by Crippen LogP contribution is 2.73. The summed E-state index contributed by atoms with van der Waals surface area (Å²) in [7, 11) is -2.38. The predicted octanol–water partition coefficient (Wildman–Crippen LogP) is 11.9. The summed E-state index contributed by atoms with van der Waals surface area (Å²) in [5.41, 5.74) is 8.34. The summed E-state index contributed by atoms with van der Waals surface area (Å²) in [5, 5.41) is 0. The Morgan fingerprint density at radius 2 is 0.907 bits per heavy atom. The molecule has 0 aliphatic rings. The lowest BCUT2D eigenvalue weighted by Crippen LogP contribution is -2.20. The number of rotatable bonds is 18. The molecule has 0 saturated carbocycles. The van der Waals surface area contributed by atoms with E-state index in [2.05, 4.69) is 103 Å². The minimum atomic E-state index is -2.38. The van der Waals surface area contributed by atoms with Crippen molar-refractivity contribution in [3.8, 4) is 0 Å². The minimum absolute atomic E-state index is 0.0774. The molecule has 0 spiro atoms. The first-order chi connectivity index (χ1) is 20.9. The Morgan fingerprint density at radius 3 is 1.23 bits per heavy atom. The molecule has 3 rings (SSSR count). The van der Waals surface area contributed by atoms with Crippen LogP contribution in [-0.4, -0.2) is 5.97 Å². The molecule has 0 bridgehead atoms. The Bertz CT molecular complexity index is 1170.